The van der Waals surface area contributed by atoms with Crippen LogP contribution < -0.4 is 0 Å². The first kappa shape index (κ1) is 13.4. The molecule has 1 aromatic carbocycles. The molecule has 0 aliphatic heterocycles. The number of rotatable bonds is 5. The Morgan fingerprint density at radius 1 is 1.17 bits per heavy atom. The highest BCUT2D eigenvalue weighted by molar-refractivity contribution is 5.25. The molecule has 0 bridgehead atoms. The summed E-state index contributed by atoms with van der Waals surface area (Å²) in [5, 5.41) is 9.79. The molecule has 1 N–H and O–H groups in total. The molecule has 0 heterocycles. The fraction of sp³-hybridized carbons (Fsp3) is 0.571. The van der Waals surface area contributed by atoms with Gasteiger partial charge in [-0.15, -0.1) is 0 Å². The molecule has 1 atom stereocenters. The van der Waals surface area contributed by atoms with Gasteiger partial charge in [-0.25, -0.2) is 0 Å². The van der Waals surface area contributed by atoms with Crippen molar-refractivity contribution in [1.29, 1.82) is 0 Å². The quantitative estimate of drug-likeness (QED) is 0.851. The Balaban J connectivity index is 1.84. The Hall–Kier alpha value is -1.03. The normalized spacial score (nSPS) is 17.8. The maximum absolute atomic E-state index is 12.3. The second kappa shape index (κ2) is 5.31. The van der Waals surface area contributed by atoms with Crippen molar-refractivity contribution in [3.8, 4) is 0 Å². The summed E-state index contributed by atoms with van der Waals surface area (Å²) < 4.78 is 37.0. The molecule has 1 unspecified atom stereocenters. The third-order valence-electron chi connectivity index (χ3n) is 3.36. The van der Waals surface area contributed by atoms with E-state index in [0.29, 0.717) is 6.42 Å². The minimum atomic E-state index is -4.29. The molecular weight excluding hydrogens is 241 g/mol. The molecule has 1 aromatic rings. The van der Waals surface area contributed by atoms with Crippen LogP contribution in [-0.4, -0.2) is 11.2 Å². The Morgan fingerprint density at radius 3 is 2.28 bits per heavy atom. The van der Waals surface area contributed by atoms with E-state index in [1.54, 1.807) is 0 Å². The topological polar surface area (TPSA) is 20.2 Å². The van der Waals surface area contributed by atoms with Crippen molar-refractivity contribution < 1.29 is 18.3 Å². The van der Waals surface area contributed by atoms with Crippen LogP contribution in [0, 0.1) is 5.92 Å². The first-order chi connectivity index (χ1) is 8.45. The summed E-state index contributed by atoms with van der Waals surface area (Å²) in [5.74, 6) is 0.771. The molecule has 1 fully saturated rings. The molecule has 0 aromatic heterocycles. The Labute approximate surface area is 105 Å². The van der Waals surface area contributed by atoms with Crippen LogP contribution in [0.5, 0.6) is 0 Å². The zero-order valence-electron chi connectivity index (χ0n) is 10.1. The van der Waals surface area contributed by atoms with Crippen molar-refractivity contribution in [2.75, 3.05) is 0 Å². The van der Waals surface area contributed by atoms with Crippen molar-refractivity contribution in [2.24, 2.45) is 5.92 Å². The maximum atomic E-state index is 12.3. The van der Waals surface area contributed by atoms with Gasteiger partial charge in [0.2, 0.25) is 0 Å². The molecule has 0 saturated heterocycles. The van der Waals surface area contributed by atoms with E-state index in [9.17, 15) is 18.3 Å². The van der Waals surface area contributed by atoms with Crippen molar-refractivity contribution in [1.82, 2.24) is 0 Å². The molecule has 1 aliphatic carbocycles. The van der Waals surface area contributed by atoms with E-state index in [1.807, 2.05) is 0 Å². The summed E-state index contributed by atoms with van der Waals surface area (Å²) in [5.41, 5.74) is 0.116. The van der Waals surface area contributed by atoms with E-state index in [1.165, 1.54) is 25.0 Å². The van der Waals surface area contributed by atoms with Gasteiger partial charge in [0.15, 0.2) is 0 Å². The third kappa shape index (κ3) is 4.02. The van der Waals surface area contributed by atoms with Crippen molar-refractivity contribution in [3.05, 3.63) is 35.4 Å². The molecule has 4 heteroatoms. The summed E-state index contributed by atoms with van der Waals surface area (Å²) in [4.78, 5) is 0. The van der Waals surface area contributed by atoms with Crippen LogP contribution in [0.2, 0.25) is 0 Å². The highest BCUT2D eigenvalue weighted by Gasteiger charge is 2.30. The predicted octanol–water partition coefficient (Wildman–Crippen LogP) is 3.80. The zero-order chi connectivity index (χ0) is 13.2. The van der Waals surface area contributed by atoms with Crippen LogP contribution in [0.25, 0.3) is 0 Å². The molecule has 0 amide bonds. The molecular formula is C14H17F3O. The zero-order valence-corrected chi connectivity index (χ0v) is 10.1. The number of hydrogen-bond acceptors (Lipinski definition) is 1. The standard InChI is InChI=1S/C14H17F3O/c15-14(16,17)12-6-3-11(4-7-12)9-13(18)8-5-10-1-2-10/h3-4,6-7,10,13,18H,1-2,5,8-9H2. The molecule has 1 nitrogen and oxygen atoms in total. The number of halogens is 3. The first-order valence-corrected chi connectivity index (χ1v) is 6.29. The Morgan fingerprint density at radius 2 is 1.78 bits per heavy atom. The predicted molar refractivity (Wildman–Crippen MR) is 63.1 cm³/mol. The van der Waals surface area contributed by atoms with Crippen LogP contribution in [-0.2, 0) is 12.6 Å². The SMILES string of the molecule is OC(CCC1CC1)Cc1ccc(C(F)(F)F)cc1. The van der Waals surface area contributed by atoms with Crippen molar-refractivity contribution in [2.45, 2.75) is 44.4 Å². The van der Waals surface area contributed by atoms with Crippen LogP contribution in [0.1, 0.15) is 36.8 Å². The lowest BCUT2D eigenvalue weighted by atomic mass is 10.0. The average Bonchev–Trinajstić information content (AvgIpc) is 3.09. The van der Waals surface area contributed by atoms with Gasteiger partial charge in [0.05, 0.1) is 11.7 Å². The fourth-order valence-corrected chi connectivity index (χ4v) is 2.04. The molecule has 100 valence electrons. The average molecular weight is 258 g/mol. The minimum Gasteiger partial charge on any atom is -0.393 e. The van der Waals surface area contributed by atoms with Gasteiger partial charge < -0.3 is 5.11 Å². The Kier molecular flexibility index (Phi) is 3.95. The second-order valence-corrected chi connectivity index (χ2v) is 5.07. The molecule has 18 heavy (non-hydrogen) atoms. The van der Waals surface area contributed by atoms with Crippen molar-refractivity contribution in [3.63, 3.8) is 0 Å². The third-order valence-corrected chi connectivity index (χ3v) is 3.36. The molecule has 1 aliphatic rings. The van der Waals surface area contributed by atoms with Crippen LogP contribution >= 0.6 is 0 Å². The van der Waals surface area contributed by atoms with Gasteiger partial charge in [-0.05, 0) is 42.9 Å². The fourth-order valence-electron chi connectivity index (χ4n) is 2.04. The number of aliphatic hydroxyl groups is 1. The van der Waals surface area contributed by atoms with Gasteiger partial charge in [-0.1, -0.05) is 25.0 Å². The highest BCUT2D eigenvalue weighted by Crippen LogP contribution is 2.34. The van der Waals surface area contributed by atoms with Gasteiger partial charge in [0.1, 0.15) is 0 Å². The van der Waals surface area contributed by atoms with Crippen LogP contribution in [0.15, 0.2) is 24.3 Å². The lowest BCUT2D eigenvalue weighted by molar-refractivity contribution is -0.137. The number of alkyl halides is 3. The van der Waals surface area contributed by atoms with Crippen molar-refractivity contribution >= 4 is 0 Å². The van der Waals surface area contributed by atoms with E-state index in [2.05, 4.69) is 0 Å². The smallest absolute Gasteiger partial charge is 0.393 e. The number of hydrogen-bond donors (Lipinski definition) is 1. The summed E-state index contributed by atoms with van der Waals surface area (Å²) in [7, 11) is 0. The van der Waals surface area contributed by atoms with Gasteiger partial charge in [0.25, 0.3) is 0 Å². The maximum Gasteiger partial charge on any atom is 0.416 e. The lowest BCUT2D eigenvalue weighted by Crippen LogP contribution is -2.11. The van der Waals surface area contributed by atoms with E-state index in [4.69, 9.17) is 0 Å². The Bertz CT molecular complexity index is 379. The lowest BCUT2D eigenvalue weighted by Gasteiger charge is -2.11. The van der Waals surface area contributed by atoms with Gasteiger partial charge >= 0.3 is 6.18 Å². The van der Waals surface area contributed by atoms with Crippen LogP contribution in [0.3, 0.4) is 0 Å². The molecule has 0 radical (unpaired) electrons. The first-order valence-electron chi connectivity index (χ1n) is 6.29. The summed E-state index contributed by atoms with van der Waals surface area (Å²) in [6.07, 6.45) is -0.0103. The van der Waals surface area contributed by atoms with Gasteiger partial charge in [-0.3, -0.25) is 0 Å². The summed E-state index contributed by atoms with van der Waals surface area (Å²) >= 11 is 0. The molecule has 2 rings (SSSR count). The molecule has 0 spiro atoms. The minimum absolute atomic E-state index is 0.435. The van der Waals surface area contributed by atoms with E-state index in [-0.39, 0.29) is 0 Å². The summed E-state index contributed by atoms with van der Waals surface area (Å²) in [6.45, 7) is 0. The molecule has 1 saturated carbocycles. The van der Waals surface area contributed by atoms with E-state index >= 15 is 0 Å². The van der Waals surface area contributed by atoms with Gasteiger partial charge in [0, 0.05) is 0 Å². The number of aliphatic hydroxyl groups excluding tert-OH is 1. The summed E-state index contributed by atoms with van der Waals surface area (Å²) in [6, 6.07) is 5.04. The van der Waals surface area contributed by atoms with Crippen LogP contribution in [0.4, 0.5) is 13.2 Å². The second-order valence-electron chi connectivity index (χ2n) is 5.07. The van der Waals surface area contributed by atoms with Gasteiger partial charge in [-0.2, -0.15) is 13.2 Å². The van der Waals surface area contributed by atoms with E-state index < -0.39 is 17.8 Å². The largest absolute Gasteiger partial charge is 0.416 e. The highest BCUT2D eigenvalue weighted by atomic mass is 19.4. The monoisotopic (exact) mass is 258 g/mol. The van der Waals surface area contributed by atoms with E-state index in [0.717, 1.165) is 36.5 Å². The number of benzene rings is 1.